The zero-order valence-corrected chi connectivity index (χ0v) is 9.62. The lowest BCUT2D eigenvalue weighted by Gasteiger charge is -2.17. The van der Waals surface area contributed by atoms with Crippen molar-refractivity contribution in [2.45, 2.75) is 12.8 Å². The molecule has 0 aromatic rings. The summed E-state index contributed by atoms with van der Waals surface area (Å²) in [4.78, 5) is 24.4. The van der Waals surface area contributed by atoms with Crippen molar-refractivity contribution in [2.24, 2.45) is 0 Å². The van der Waals surface area contributed by atoms with E-state index in [1.165, 1.54) is 0 Å². The summed E-state index contributed by atoms with van der Waals surface area (Å²) in [7, 11) is 0. The van der Waals surface area contributed by atoms with E-state index in [0.29, 0.717) is 35.1 Å². The van der Waals surface area contributed by atoms with Crippen molar-refractivity contribution >= 4 is 11.6 Å². The SMILES string of the molecule is C=CCC1=C(CC=C)C(=O)C2=C(COC2)C1=O. The fourth-order valence-electron chi connectivity index (χ4n) is 2.19. The maximum absolute atomic E-state index is 12.2. The van der Waals surface area contributed by atoms with E-state index in [1.807, 2.05) is 0 Å². The minimum atomic E-state index is -0.0612. The fourth-order valence-corrected chi connectivity index (χ4v) is 2.19. The summed E-state index contributed by atoms with van der Waals surface area (Å²) in [6.45, 7) is 7.75. The molecule has 0 fully saturated rings. The van der Waals surface area contributed by atoms with Gasteiger partial charge in [0.25, 0.3) is 0 Å². The van der Waals surface area contributed by atoms with Crippen molar-refractivity contribution in [1.29, 1.82) is 0 Å². The summed E-state index contributed by atoms with van der Waals surface area (Å²) in [5, 5.41) is 0. The Hall–Kier alpha value is -1.74. The Balaban J connectivity index is 2.48. The van der Waals surface area contributed by atoms with Crippen LogP contribution in [0.1, 0.15) is 12.8 Å². The van der Waals surface area contributed by atoms with Crippen LogP contribution in [-0.2, 0) is 14.3 Å². The number of rotatable bonds is 4. The van der Waals surface area contributed by atoms with Crippen LogP contribution in [0.25, 0.3) is 0 Å². The first-order chi connectivity index (χ1) is 8.20. The van der Waals surface area contributed by atoms with Crippen molar-refractivity contribution in [3.05, 3.63) is 47.6 Å². The summed E-state index contributed by atoms with van der Waals surface area (Å²) < 4.78 is 5.19. The number of hydrogen-bond donors (Lipinski definition) is 0. The highest BCUT2D eigenvalue weighted by molar-refractivity contribution is 6.26. The maximum Gasteiger partial charge on any atom is 0.188 e. The van der Waals surface area contributed by atoms with E-state index in [-0.39, 0.29) is 24.8 Å². The van der Waals surface area contributed by atoms with Gasteiger partial charge < -0.3 is 4.74 Å². The first kappa shape index (κ1) is 11.7. The van der Waals surface area contributed by atoms with E-state index in [9.17, 15) is 9.59 Å². The lowest BCUT2D eigenvalue weighted by atomic mass is 9.82. The Morgan fingerprint density at radius 3 is 1.71 bits per heavy atom. The summed E-state index contributed by atoms with van der Waals surface area (Å²) in [6, 6.07) is 0. The van der Waals surface area contributed by atoms with Crippen molar-refractivity contribution in [1.82, 2.24) is 0 Å². The molecule has 3 nitrogen and oxygen atoms in total. The summed E-state index contributed by atoms with van der Waals surface area (Å²) in [6.07, 6.45) is 4.13. The molecule has 0 aromatic carbocycles. The molecule has 2 rings (SSSR count). The Morgan fingerprint density at radius 2 is 1.35 bits per heavy atom. The summed E-state index contributed by atoms with van der Waals surface area (Å²) in [5.74, 6) is -0.122. The van der Waals surface area contributed by atoms with Crippen LogP contribution in [0.5, 0.6) is 0 Å². The molecule has 1 aliphatic carbocycles. The third kappa shape index (κ3) is 1.83. The van der Waals surface area contributed by atoms with Gasteiger partial charge in [0, 0.05) is 22.3 Å². The smallest absolute Gasteiger partial charge is 0.188 e. The van der Waals surface area contributed by atoms with Crippen LogP contribution in [0, 0.1) is 0 Å². The molecule has 1 heterocycles. The molecule has 0 amide bonds. The Kier molecular flexibility index (Phi) is 3.20. The highest BCUT2D eigenvalue weighted by Crippen LogP contribution is 2.32. The minimum Gasteiger partial charge on any atom is -0.372 e. The maximum atomic E-state index is 12.2. The van der Waals surface area contributed by atoms with E-state index in [2.05, 4.69) is 13.2 Å². The van der Waals surface area contributed by atoms with Gasteiger partial charge in [0.15, 0.2) is 11.6 Å². The highest BCUT2D eigenvalue weighted by Gasteiger charge is 2.35. The number of hydrogen-bond acceptors (Lipinski definition) is 3. The number of carbonyl (C=O) groups excluding carboxylic acids is 2. The molecular weight excluding hydrogens is 216 g/mol. The molecule has 0 N–H and O–H groups in total. The molecule has 0 radical (unpaired) electrons. The van der Waals surface area contributed by atoms with E-state index in [0.717, 1.165) is 0 Å². The van der Waals surface area contributed by atoms with Gasteiger partial charge in [0.1, 0.15) is 0 Å². The second-order valence-corrected chi connectivity index (χ2v) is 4.05. The van der Waals surface area contributed by atoms with E-state index in [1.54, 1.807) is 12.2 Å². The zero-order valence-electron chi connectivity index (χ0n) is 9.62. The third-order valence-electron chi connectivity index (χ3n) is 3.01. The average molecular weight is 230 g/mol. The third-order valence-corrected chi connectivity index (χ3v) is 3.01. The van der Waals surface area contributed by atoms with Gasteiger partial charge >= 0.3 is 0 Å². The quantitative estimate of drug-likeness (QED) is 0.547. The van der Waals surface area contributed by atoms with Crippen LogP contribution in [0.4, 0.5) is 0 Å². The van der Waals surface area contributed by atoms with Gasteiger partial charge in [-0.15, -0.1) is 13.2 Å². The molecule has 1 aliphatic heterocycles. The van der Waals surface area contributed by atoms with Gasteiger partial charge in [-0.1, -0.05) is 12.2 Å². The molecule has 2 aliphatic rings. The molecule has 0 atom stereocenters. The summed E-state index contributed by atoms with van der Waals surface area (Å²) in [5.41, 5.74) is 2.16. The fraction of sp³-hybridized carbons (Fsp3) is 0.286. The normalized spacial score (nSPS) is 19.8. The zero-order chi connectivity index (χ0) is 12.4. The molecule has 0 saturated heterocycles. The molecule has 17 heavy (non-hydrogen) atoms. The minimum absolute atomic E-state index is 0.0612. The van der Waals surface area contributed by atoms with Gasteiger partial charge in [-0.05, 0) is 12.8 Å². The molecule has 0 aromatic heterocycles. The first-order valence-corrected chi connectivity index (χ1v) is 5.53. The van der Waals surface area contributed by atoms with Crippen molar-refractivity contribution in [2.75, 3.05) is 13.2 Å². The summed E-state index contributed by atoms with van der Waals surface area (Å²) >= 11 is 0. The number of ketones is 2. The monoisotopic (exact) mass is 230 g/mol. The number of Topliss-reactive ketones (excluding diaryl/α,β-unsaturated/α-hetero) is 2. The van der Waals surface area contributed by atoms with Crippen molar-refractivity contribution in [3.63, 3.8) is 0 Å². The van der Waals surface area contributed by atoms with E-state index in [4.69, 9.17) is 4.74 Å². The van der Waals surface area contributed by atoms with Crippen molar-refractivity contribution < 1.29 is 14.3 Å². The number of ether oxygens (including phenoxy) is 1. The second-order valence-electron chi connectivity index (χ2n) is 4.05. The predicted molar refractivity (Wildman–Crippen MR) is 64.5 cm³/mol. The standard InChI is InChI=1S/C14H14O3/c1-3-5-9-10(6-4-2)14(16)12-8-17-7-11(12)13(9)15/h3-4H,1-2,5-8H2. The molecule has 0 saturated carbocycles. The van der Waals surface area contributed by atoms with Crippen LogP contribution in [0.2, 0.25) is 0 Å². The van der Waals surface area contributed by atoms with Gasteiger partial charge in [-0.3, -0.25) is 9.59 Å². The largest absolute Gasteiger partial charge is 0.372 e. The van der Waals surface area contributed by atoms with Crippen LogP contribution in [0.15, 0.2) is 47.6 Å². The highest BCUT2D eigenvalue weighted by atomic mass is 16.5. The van der Waals surface area contributed by atoms with Crippen LogP contribution in [0.3, 0.4) is 0 Å². The molecule has 0 spiro atoms. The van der Waals surface area contributed by atoms with E-state index < -0.39 is 0 Å². The molecule has 0 unspecified atom stereocenters. The second kappa shape index (κ2) is 4.63. The van der Waals surface area contributed by atoms with Gasteiger partial charge in [-0.25, -0.2) is 0 Å². The van der Waals surface area contributed by atoms with E-state index >= 15 is 0 Å². The van der Waals surface area contributed by atoms with Crippen molar-refractivity contribution in [3.8, 4) is 0 Å². The number of allylic oxidation sites excluding steroid dienone is 4. The molecular formula is C14H14O3. The molecule has 88 valence electrons. The van der Waals surface area contributed by atoms with Gasteiger partial charge in [0.05, 0.1) is 13.2 Å². The molecule has 0 bridgehead atoms. The lowest BCUT2D eigenvalue weighted by molar-refractivity contribution is -0.116. The average Bonchev–Trinajstić information content (AvgIpc) is 2.80. The predicted octanol–water partition coefficient (Wildman–Crippen LogP) is 1.91. The van der Waals surface area contributed by atoms with Gasteiger partial charge in [0.2, 0.25) is 0 Å². The Labute approximate surface area is 100 Å². The lowest BCUT2D eigenvalue weighted by Crippen LogP contribution is -2.23. The first-order valence-electron chi connectivity index (χ1n) is 5.53. The molecule has 3 heteroatoms. The van der Waals surface area contributed by atoms with Crippen LogP contribution >= 0.6 is 0 Å². The topological polar surface area (TPSA) is 43.4 Å². The van der Waals surface area contributed by atoms with Crippen LogP contribution < -0.4 is 0 Å². The Morgan fingerprint density at radius 1 is 0.941 bits per heavy atom. The van der Waals surface area contributed by atoms with Crippen LogP contribution in [-0.4, -0.2) is 24.8 Å². The van der Waals surface area contributed by atoms with Gasteiger partial charge in [-0.2, -0.15) is 0 Å². The Bertz CT molecular complexity index is 436. The number of carbonyl (C=O) groups is 2.